The Hall–Kier alpha value is -4.65. The van der Waals surface area contributed by atoms with Crippen LogP contribution in [0.4, 0.5) is 17.2 Å². The SMILES string of the molecule is C#CCSc1nc(Nc2ccc(OCC3CCNCC3)cc2)c2cc(NC(=O)c3ccc4ncccc4c3)ccc2n1. The summed E-state index contributed by atoms with van der Waals surface area (Å²) in [6.45, 7) is 2.83. The predicted molar refractivity (Wildman–Crippen MR) is 170 cm³/mol. The van der Waals surface area contributed by atoms with E-state index in [2.05, 4.69) is 31.8 Å². The van der Waals surface area contributed by atoms with Crippen LogP contribution in [0.2, 0.25) is 0 Å². The number of rotatable bonds is 9. The molecule has 1 fully saturated rings. The number of hydrogen-bond donors (Lipinski definition) is 3. The minimum Gasteiger partial charge on any atom is -0.493 e. The van der Waals surface area contributed by atoms with E-state index in [1.54, 1.807) is 12.3 Å². The fourth-order valence-electron chi connectivity index (χ4n) is 4.90. The average Bonchev–Trinajstić information content (AvgIpc) is 3.04. The number of nitrogens with zero attached hydrogens (tertiary/aromatic N) is 3. The lowest BCUT2D eigenvalue weighted by molar-refractivity contribution is 0.102. The van der Waals surface area contributed by atoms with Crippen LogP contribution in [-0.4, -0.2) is 46.3 Å². The Kier molecular flexibility index (Phi) is 8.45. The van der Waals surface area contributed by atoms with Crippen LogP contribution in [0.3, 0.4) is 0 Å². The summed E-state index contributed by atoms with van der Waals surface area (Å²) in [7, 11) is 0. The standard InChI is InChI=1S/C33H30N6O2S/c1-2-18-42-33-38-30-12-8-26(37-32(40)24-5-11-29-23(19-24)4-3-15-35-29)20-28(30)31(39-33)36-25-6-9-27(10-7-25)41-21-22-13-16-34-17-14-22/h1,3-12,15,19-20,22,34H,13-14,16-18,21H2,(H,37,40)(H,36,38,39). The van der Waals surface area contributed by atoms with Gasteiger partial charge in [0.1, 0.15) is 11.6 Å². The Morgan fingerprint density at radius 2 is 1.81 bits per heavy atom. The summed E-state index contributed by atoms with van der Waals surface area (Å²) in [5.41, 5.74) is 3.62. The maximum absolute atomic E-state index is 13.1. The monoisotopic (exact) mass is 574 g/mol. The van der Waals surface area contributed by atoms with E-state index in [1.807, 2.05) is 66.7 Å². The highest BCUT2D eigenvalue weighted by molar-refractivity contribution is 7.99. The number of fused-ring (bicyclic) bond motifs is 2. The van der Waals surface area contributed by atoms with Gasteiger partial charge < -0.3 is 20.7 Å². The molecule has 1 saturated heterocycles. The predicted octanol–water partition coefficient (Wildman–Crippen LogP) is 6.28. The fraction of sp³-hybridized carbons (Fsp3) is 0.212. The van der Waals surface area contributed by atoms with Gasteiger partial charge in [-0.25, -0.2) is 9.97 Å². The largest absolute Gasteiger partial charge is 0.493 e. The first-order chi connectivity index (χ1) is 20.6. The Morgan fingerprint density at radius 3 is 2.64 bits per heavy atom. The van der Waals surface area contributed by atoms with Gasteiger partial charge in [0.25, 0.3) is 5.91 Å². The number of thioether (sulfide) groups is 1. The molecule has 0 radical (unpaired) electrons. The topological polar surface area (TPSA) is 101 Å². The van der Waals surface area contributed by atoms with Crippen LogP contribution in [0.5, 0.6) is 5.75 Å². The van der Waals surface area contributed by atoms with Crippen molar-refractivity contribution >= 4 is 56.7 Å². The summed E-state index contributed by atoms with van der Waals surface area (Å²) in [5.74, 6) is 4.92. The number of hydrogen-bond acceptors (Lipinski definition) is 8. The Morgan fingerprint density at radius 1 is 1.00 bits per heavy atom. The second-order valence-corrected chi connectivity index (χ2v) is 11.0. The van der Waals surface area contributed by atoms with Gasteiger partial charge >= 0.3 is 0 Å². The van der Waals surface area contributed by atoms with E-state index in [1.165, 1.54) is 11.8 Å². The minimum atomic E-state index is -0.211. The van der Waals surface area contributed by atoms with E-state index in [-0.39, 0.29) is 5.91 Å². The zero-order valence-corrected chi connectivity index (χ0v) is 23.8. The van der Waals surface area contributed by atoms with E-state index in [0.717, 1.165) is 65.8 Å². The van der Waals surface area contributed by atoms with Crippen LogP contribution in [0.15, 0.2) is 84.1 Å². The lowest BCUT2D eigenvalue weighted by atomic mass is 9.99. The van der Waals surface area contributed by atoms with Gasteiger partial charge in [-0.1, -0.05) is 23.7 Å². The first kappa shape index (κ1) is 27.5. The second-order valence-electron chi connectivity index (χ2n) is 10.1. The molecule has 210 valence electrons. The van der Waals surface area contributed by atoms with Gasteiger partial charge in [-0.3, -0.25) is 9.78 Å². The molecule has 2 aromatic heterocycles. The van der Waals surface area contributed by atoms with Crippen molar-refractivity contribution in [3.8, 4) is 18.1 Å². The number of ether oxygens (including phenoxy) is 1. The molecule has 6 rings (SSSR count). The summed E-state index contributed by atoms with van der Waals surface area (Å²) in [6.07, 6.45) is 9.50. The van der Waals surface area contributed by atoms with Gasteiger partial charge in [0, 0.05) is 33.9 Å². The van der Waals surface area contributed by atoms with Gasteiger partial charge in [0.15, 0.2) is 5.16 Å². The van der Waals surface area contributed by atoms with Crippen molar-refractivity contribution in [1.29, 1.82) is 0 Å². The number of piperidine rings is 1. The van der Waals surface area contributed by atoms with Crippen LogP contribution in [-0.2, 0) is 0 Å². The van der Waals surface area contributed by atoms with Crippen LogP contribution in [0.25, 0.3) is 21.8 Å². The molecule has 5 aromatic rings. The molecule has 3 aromatic carbocycles. The van der Waals surface area contributed by atoms with Gasteiger partial charge in [-0.2, -0.15) is 0 Å². The number of anilines is 3. The number of pyridine rings is 1. The summed E-state index contributed by atoms with van der Waals surface area (Å²) < 4.78 is 6.05. The number of carbonyl (C=O) groups excluding carboxylic acids is 1. The van der Waals surface area contributed by atoms with Crippen molar-refractivity contribution in [1.82, 2.24) is 20.3 Å². The van der Waals surface area contributed by atoms with Crippen molar-refractivity contribution in [3.05, 3.63) is 84.6 Å². The average molecular weight is 575 g/mol. The molecule has 0 aliphatic carbocycles. The van der Waals surface area contributed by atoms with Crippen molar-refractivity contribution in [2.75, 3.05) is 36.1 Å². The highest BCUT2D eigenvalue weighted by Crippen LogP contribution is 2.30. The first-order valence-electron chi connectivity index (χ1n) is 13.9. The van der Waals surface area contributed by atoms with Crippen LogP contribution in [0.1, 0.15) is 23.2 Å². The van der Waals surface area contributed by atoms with Crippen molar-refractivity contribution in [3.63, 3.8) is 0 Å². The Bertz CT molecular complexity index is 1760. The maximum atomic E-state index is 13.1. The molecule has 1 aliphatic rings. The Labute approximate surface area is 248 Å². The van der Waals surface area contributed by atoms with Gasteiger partial charge in [0.05, 0.1) is 23.4 Å². The number of amides is 1. The molecule has 0 saturated carbocycles. The summed E-state index contributed by atoms with van der Waals surface area (Å²) >= 11 is 1.40. The third kappa shape index (κ3) is 6.62. The molecule has 3 heterocycles. The molecule has 9 heteroatoms. The normalized spacial score (nSPS) is 13.5. The summed E-state index contributed by atoms with van der Waals surface area (Å²) in [4.78, 5) is 26.9. The van der Waals surface area contributed by atoms with E-state index in [0.29, 0.717) is 33.9 Å². The molecule has 3 N–H and O–H groups in total. The summed E-state index contributed by atoms with van der Waals surface area (Å²) in [6, 6.07) is 22.7. The van der Waals surface area contributed by atoms with Crippen molar-refractivity contribution in [2.45, 2.75) is 18.0 Å². The molecule has 8 nitrogen and oxygen atoms in total. The van der Waals surface area contributed by atoms with E-state index in [4.69, 9.17) is 16.1 Å². The van der Waals surface area contributed by atoms with E-state index in [9.17, 15) is 4.79 Å². The number of aromatic nitrogens is 3. The lowest BCUT2D eigenvalue weighted by Gasteiger charge is -2.22. The zero-order chi connectivity index (χ0) is 28.7. The molecular formula is C33H30N6O2S. The molecule has 1 amide bonds. The number of benzene rings is 3. The number of carbonyl (C=O) groups is 1. The van der Waals surface area contributed by atoms with E-state index < -0.39 is 0 Å². The minimum absolute atomic E-state index is 0.211. The maximum Gasteiger partial charge on any atom is 0.255 e. The molecular weight excluding hydrogens is 544 g/mol. The van der Waals surface area contributed by atoms with Crippen LogP contribution < -0.4 is 20.7 Å². The third-order valence-corrected chi connectivity index (χ3v) is 7.90. The second kappa shape index (κ2) is 12.9. The smallest absolute Gasteiger partial charge is 0.255 e. The molecule has 0 atom stereocenters. The molecule has 0 unspecified atom stereocenters. The van der Waals surface area contributed by atoms with Crippen LogP contribution in [0, 0.1) is 18.3 Å². The Balaban J connectivity index is 1.22. The molecule has 0 bridgehead atoms. The fourth-order valence-corrected chi connectivity index (χ4v) is 5.44. The molecule has 1 aliphatic heterocycles. The number of nitrogens with one attached hydrogen (secondary N) is 3. The van der Waals surface area contributed by atoms with Gasteiger partial charge in [0.2, 0.25) is 0 Å². The quantitative estimate of drug-likeness (QED) is 0.107. The first-order valence-corrected chi connectivity index (χ1v) is 14.9. The molecule has 0 spiro atoms. The third-order valence-electron chi connectivity index (χ3n) is 7.14. The highest BCUT2D eigenvalue weighted by Gasteiger charge is 2.15. The van der Waals surface area contributed by atoms with Crippen molar-refractivity contribution in [2.24, 2.45) is 5.92 Å². The summed E-state index contributed by atoms with van der Waals surface area (Å²) in [5, 5.41) is 12.1. The zero-order valence-electron chi connectivity index (χ0n) is 23.0. The lowest BCUT2D eigenvalue weighted by Crippen LogP contribution is -2.30. The van der Waals surface area contributed by atoms with Gasteiger partial charge in [-0.05, 0) is 98.6 Å². The van der Waals surface area contributed by atoms with Crippen LogP contribution >= 0.6 is 11.8 Å². The number of terminal acetylenes is 1. The van der Waals surface area contributed by atoms with Gasteiger partial charge in [-0.15, -0.1) is 6.42 Å². The highest BCUT2D eigenvalue weighted by atomic mass is 32.2. The molecule has 42 heavy (non-hydrogen) atoms. The van der Waals surface area contributed by atoms with Crippen molar-refractivity contribution < 1.29 is 9.53 Å². The van der Waals surface area contributed by atoms with E-state index >= 15 is 0 Å².